The number of likely N-dealkylation sites (N-methyl/N-ethyl adjacent to an activating group) is 1. The monoisotopic (exact) mass is 443 g/mol. The van der Waals surface area contributed by atoms with E-state index in [1.807, 2.05) is 12.1 Å². The number of nitriles is 1. The lowest BCUT2D eigenvalue weighted by Gasteiger charge is -2.24. The molecule has 0 aliphatic carbocycles. The summed E-state index contributed by atoms with van der Waals surface area (Å²) in [5.41, 5.74) is -0.476. The summed E-state index contributed by atoms with van der Waals surface area (Å²) in [4.78, 5) is 51.8. The van der Waals surface area contributed by atoms with Gasteiger partial charge in [-0.3, -0.25) is 19.2 Å². The van der Waals surface area contributed by atoms with Crippen LogP contribution < -0.4 is 10.6 Å². The Balaban J connectivity index is 1.89. The van der Waals surface area contributed by atoms with Crippen LogP contribution in [0, 0.1) is 17.2 Å². The number of carbonyl (C=O) groups excluding carboxylic acids is 4. The number of carbonyl (C=O) groups is 4. The van der Waals surface area contributed by atoms with Crippen molar-refractivity contribution in [2.45, 2.75) is 38.3 Å². The highest BCUT2D eigenvalue weighted by Crippen LogP contribution is 2.24. The number of anilines is 1. The number of hydrogen-bond donors (Lipinski definition) is 3. The van der Waals surface area contributed by atoms with Crippen molar-refractivity contribution < 1.29 is 24.3 Å². The van der Waals surface area contributed by atoms with E-state index in [0.29, 0.717) is 5.69 Å². The van der Waals surface area contributed by atoms with Gasteiger partial charge in [0, 0.05) is 25.8 Å². The second-order valence-corrected chi connectivity index (χ2v) is 8.49. The molecule has 172 valence electrons. The van der Waals surface area contributed by atoms with Crippen LogP contribution in [0.2, 0.25) is 0 Å². The molecule has 10 heteroatoms. The molecule has 1 saturated heterocycles. The molecule has 1 fully saturated rings. The molecule has 1 aromatic rings. The van der Waals surface area contributed by atoms with Crippen molar-refractivity contribution in [2.24, 2.45) is 5.92 Å². The fourth-order valence-corrected chi connectivity index (χ4v) is 3.22. The van der Waals surface area contributed by atoms with E-state index in [-0.39, 0.29) is 32.0 Å². The van der Waals surface area contributed by atoms with Gasteiger partial charge in [-0.2, -0.15) is 5.26 Å². The van der Waals surface area contributed by atoms with Gasteiger partial charge in [0.1, 0.15) is 12.5 Å². The SMILES string of the molecule is CN(CC(=O)N1CC(C(=O)Nc2ccccc2)CC1C#N)C(=O)CC(=O)NCC(C)(C)O. The summed E-state index contributed by atoms with van der Waals surface area (Å²) in [5, 5.41) is 24.3. The average molecular weight is 444 g/mol. The zero-order valence-electron chi connectivity index (χ0n) is 18.5. The standard InChI is InChI=1S/C22H29N5O5/c1-22(2,32)14-24-18(28)10-19(29)26(3)13-20(30)27-12-15(9-17(27)11-23)21(31)25-16-7-5-4-6-8-16/h4-8,15,17,32H,9-10,12-14H2,1-3H3,(H,24,28)(H,25,31). The maximum Gasteiger partial charge on any atom is 0.243 e. The van der Waals surface area contributed by atoms with Crippen LogP contribution in [0.4, 0.5) is 5.69 Å². The molecule has 1 aliphatic heterocycles. The Morgan fingerprint density at radius 2 is 1.91 bits per heavy atom. The molecular formula is C22H29N5O5. The van der Waals surface area contributed by atoms with Crippen LogP contribution in [-0.2, 0) is 19.2 Å². The van der Waals surface area contributed by atoms with Gasteiger partial charge in [-0.25, -0.2) is 0 Å². The van der Waals surface area contributed by atoms with Gasteiger partial charge in [-0.15, -0.1) is 0 Å². The molecule has 0 saturated carbocycles. The molecule has 2 atom stereocenters. The van der Waals surface area contributed by atoms with Crippen molar-refractivity contribution >= 4 is 29.3 Å². The summed E-state index contributed by atoms with van der Waals surface area (Å²) < 4.78 is 0. The van der Waals surface area contributed by atoms with E-state index in [2.05, 4.69) is 10.6 Å². The van der Waals surface area contributed by atoms with E-state index < -0.39 is 41.7 Å². The molecule has 1 heterocycles. The summed E-state index contributed by atoms with van der Waals surface area (Å²) in [5.74, 6) is -2.43. The lowest BCUT2D eigenvalue weighted by atomic mass is 10.1. The van der Waals surface area contributed by atoms with Crippen LogP contribution in [0.1, 0.15) is 26.7 Å². The van der Waals surface area contributed by atoms with Crippen molar-refractivity contribution in [1.82, 2.24) is 15.1 Å². The van der Waals surface area contributed by atoms with E-state index in [4.69, 9.17) is 0 Å². The smallest absolute Gasteiger partial charge is 0.243 e. The molecular weight excluding hydrogens is 414 g/mol. The minimum Gasteiger partial charge on any atom is -0.389 e. The maximum absolute atomic E-state index is 12.7. The summed E-state index contributed by atoms with van der Waals surface area (Å²) in [6.07, 6.45) is -0.262. The van der Waals surface area contributed by atoms with Crippen molar-refractivity contribution in [3.8, 4) is 6.07 Å². The number of nitrogens with zero attached hydrogens (tertiary/aromatic N) is 3. The van der Waals surface area contributed by atoms with Gasteiger partial charge in [0.15, 0.2) is 0 Å². The van der Waals surface area contributed by atoms with Crippen LogP contribution in [-0.4, -0.2) is 76.9 Å². The highest BCUT2D eigenvalue weighted by molar-refractivity contribution is 5.98. The van der Waals surface area contributed by atoms with E-state index in [1.165, 1.54) is 25.8 Å². The lowest BCUT2D eigenvalue weighted by molar-refractivity contribution is -0.141. The molecule has 0 radical (unpaired) electrons. The van der Waals surface area contributed by atoms with Crippen molar-refractivity contribution in [3.63, 3.8) is 0 Å². The van der Waals surface area contributed by atoms with Gasteiger partial charge >= 0.3 is 0 Å². The summed E-state index contributed by atoms with van der Waals surface area (Å²) in [6, 6.07) is 10.2. The second-order valence-electron chi connectivity index (χ2n) is 8.49. The molecule has 3 N–H and O–H groups in total. The minimum absolute atomic E-state index is 0.00812. The molecule has 10 nitrogen and oxygen atoms in total. The topological polar surface area (TPSA) is 143 Å². The van der Waals surface area contributed by atoms with E-state index in [1.54, 1.807) is 24.3 Å². The molecule has 32 heavy (non-hydrogen) atoms. The Morgan fingerprint density at radius 1 is 1.25 bits per heavy atom. The van der Waals surface area contributed by atoms with Gasteiger partial charge in [0.2, 0.25) is 23.6 Å². The fourth-order valence-electron chi connectivity index (χ4n) is 3.22. The first-order valence-corrected chi connectivity index (χ1v) is 10.3. The van der Waals surface area contributed by atoms with Crippen molar-refractivity contribution in [2.75, 3.05) is 32.0 Å². The molecule has 4 amide bonds. The molecule has 2 unspecified atom stereocenters. The van der Waals surface area contributed by atoms with Gasteiger partial charge < -0.3 is 25.5 Å². The summed E-state index contributed by atoms with van der Waals surface area (Å²) in [6.45, 7) is 2.79. The van der Waals surface area contributed by atoms with E-state index in [9.17, 15) is 29.5 Å². The normalized spacial score (nSPS) is 17.9. The van der Waals surface area contributed by atoms with Gasteiger partial charge in [0.25, 0.3) is 0 Å². The Hall–Kier alpha value is -3.45. The third-order valence-corrected chi connectivity index (χ3v) is 5.01. The number of aliphatic hydroxyl groups is 1. The molecule has 2 rings (SSSR count). The zero-order valence-corrected chi connectivity index (χ0v) is 18.5. The lowest BCUT2D eigenvalue weighted by Crippen LogP contribution is -2.45. The molecule has 0 aromatic heterocycles. The van der Waals surface area contributed by atoms with E-state index in [0.717, 1.165) is 4.90 Å². The van der Waals surface area contributed by atoms with Gasteiger partial charge in [-0.05, 0) is 32.4 Å². The number of amides is 4. The van der Waals surface area contributed by atoms with Crippen LogP contribution in [0.25, 0.3) is 0 Å². The number of rotatable bonds is 8. The summed E-state index contributed by atoms with van der Waals surface area (Å²) >= 11 is 0. The summed E-state index contributed by atoms with van der Waals surface area (Å²) in [7, 11) is 1.39. The first-order valence-electron chi connectivity index (χ1n) is 10.3. The zero-order chi connectivity index (χ0) is 23.9. The largest absolute Gasteiger partial charge is 0.389 e. The Kier molecular flexibility index (Phi) is 8.32. The minimum atomic E-state index is -1.11. The second kappa shape index (κ2) is 10.7. The van der Waals surface area contributed by atoms with Crippen molar-refractivity contribution in [3.05, 3.63) is 30.3 Å². The van der Waals surface area contributed by atoms with Gasteiger partial charge in [0.05, 0.1) is 24.1 Å². The predicted octanol–water partition coefficient (Wildman–Crippen LogP) is 0.101. The Bertz CT molecular complexity index is 890. The number of para-hydroxylation sites is 1. The predicted molar refractivity (Wildman–Crippen MR) is 116 cm³/mol. The quantitative estimate of drug-likeness (QED) is 0.487. The van der Waals surface area contributed by atoms with Crippen LogP contribution in [0.3, 0.4) is 0 Å². The Morgan fingerprint density at radius 3 is 2.50 bits per heavy atom. The molecule has 1 aliphatic rings. The van der Waals surface area contributed by atoms with Crippen LogP contribution in [0.5, 0.6) is 0 Å². The van der Waals surface area contributed by atoms with Gasteiger partial charge in [-0.1, -0.05) is 18.2 Å². The third kappa shape index (κ3) is 7.35. The Labute approximate surface area is 187 Å². The first-order chi connectivity index (χ1) is 15.0. The van der Waals surface area contributed by atoms with Crippen molar-refractivity contribution in [1.29, 1.82) is 5.26 Å². The van der Waals surface area contributed by atoms with Crippen LogP contribution >= 0.6 is 0 Å². The fraction of sp³-hybridized carbons (Fsp3) is 0.500. The maximum atomic E-state index is 12.7. The highest BCUT2D eigenvalue weighted by atomic mass is 16.3. The number of likely N-dealkylation sites (tertiary alicyclic amines) is 1. The highest BCUT2D eigenvalue weighted by Gasteiger charge is 2.39. The molecule has 1 aromatic carbocycles. The number of benzene rings is 1. The first kappa shape index (κ1) is 24.8. The number of nitrogens with one attached hydrogen (secondary N) is 2. The molecule has 0 bridgehead atoms. The number of hydrogen-bond acceptors (Lipinski definition) is 6. The molecule has 0 spiro atoms. The van der Waals surface area contributed by atoms with Crippen LogP contribution in [0.15, 0.2) is 30.3 Å². The average Bonchev–Trinajstić information content (AvgIpc) is 3.17. The third-order valence-electron chi connectivity index (χ3n) is 5.01. The van der Waals surface area contributed by atoms with E-state index >= 15 is 0 Å².